The summed E-state index contributed by atoms with van der Waals surface area (Å²) in [6.45, 7) is 9.67. The van der Waals surface area contributed by atoms with Crippen LogP contribution in [0.25, 0.3) is 0 Å². The molecule has 0 bridgehead atoms. The quantitative estimate of drug-likeness (QED) is 0.858. The number of hydrogen-bond acceptors (Lipinski definition) is 5. The maximum Gasteiger partial charge on any atom is 0.243 e. The van der Waals surface area contributed by atoms with E-state index in [9.17, 15) is 4.79 Å². The van der Waals surface area contributed by atoms with Crippen LogP contribution in [-0.2, 0) is 4.79 Å². The molecule has 1 atom stereocenters. The number of carbonyl (C=O) groups excluding carboxylic acids is 1. The molecule has 1 amide bonds. The molecule has 0 saturated carbocycles. The molecule has 0 spiro atoms. The molecule has 0 aliphatic carbocycles. The Morgan fingerprint density at radius 2 is 2.11 bits per heavy atom. The van der Waals surface area contributed by atoms with Crippen LogP contribution in [0, 0.1) is 13.8 Å². The van der Waals surface area contributed by atoms with Gasteiger partial charge in [-0.3, -0.25) is 9.69 Å². The number of piperazine rings is 1. The Balaban J connectivity index is 1.94. The zero-order chi connectivity index (χ0) is 13.1. The first-order valence-electron chi connectivity index (χ1n) is 6.27. The summed E-state index contributed by atoms with van der Waals surface area (Å²) in [6, 6.07) is -0.100. The SMILES string of the molecule is Cc1nc(NC(=O)C(C)N2CCNCC2)sc1C. The Labute approximate surface area is 112 Å². The first-order valence-corrected chi connectivity index (χ1v) is 7.09. The molecule has 1 aliphatic rings. The van der Waals surface area contributed by atoms with Gasteiger partial charge in [0, 0.05) is 31.1 Å². The normalized spacial score (nSPS) is 18.6. The van der Waals surface area contributed by atoms with E-state index in [2.05, 4.69) is 20.5 Å². The zero-order valence-corrected chi connectivity index (χ0v) is 11.9. The number of aromatic nitrogens is 1. The van der Waals surface area contributed by atoms with Gasteiger partial charge < -0.3 is 10.6 Å². The van der Waals surface area contributed by atoms with Crippen LogP contribution in [0.2, 0.25) is 0 Å². The highest BCUT2D eigenvalue weighted by Gasteiger charge is 2.23. The predicted octanol–water partition coefficient (Wildman–Crippen LogP) is 0.992. The summed E-state index contributed by atoms with van der Waals surface area (Å²) in [5.41, 5.74) is 0.991. The highest BCUT2D eigenvalue weighted by molar-refractivity contribution is 7.15. The highest BCUT2D eigenvalue weighted by atomic mass is 32.1. The molecule has 1 aromatic heterocycles. The van der Waals surface area contributed by atoms with Crippen molar-refractivity contribution >= 4 is 22.4 Å². The first kappa shape index (κ1) is 13.5. The molecule has 2 N–H and O–H groups in total. The van der Waals surface area contributed by atoms with Gasteiger partial charge >= 0.3 is 0 Å². The molecule has 2 rings (SSSR count). The van der Waals surface area contributed by atoms with Crippen LogP contribution in [0.5, 0.6) is 0 Å². The van der Waals surface area contributed by atoms with Gasteiger partial charge in [0.05, 0.1) is 11.7 Å². The van der Waals surface area contributed by atoms with Crippen molar-refractivity contribution in [2.75, 3.05) is 31.5 Å². The Hall–Kier alpha value is -0.980. The van der Waals surface area contributed by atoms with E-state index in [1.165, 1.54) is 11.3 Å². The van der Waals surface area contributed by atoms with E-state index in [1.807, 2.05) is 20.8 Å². The van der Waals surface area contributed by atoms with E-state index in [1.54, 1.807) is 0 Å². The van der Waals surface area contributed by atoms with Crippen LogP contribution in [0.1, 0.15) is 17.5 Å². The second-order valence-corrected chi connectivity index (χ2v) is 5.82. The lowest BCUT2D eigenvalue weighted by Gasteiger charge is -2.31. The minimum absolute atomic E-state index is 0.0330. The standard InChI is InChI=1S/C12H20N4OS/c1-8-10(3)18-12(14-8)15-11(17)9(2)16-6-4-13-5-7-16/h9,13H,4-7H2,1-3H3,(H,14,15,17). The lowest BCUT2D eigenvalue weighted by Crippen LogP contribution is -2.51. The van der Waals surface area contributed by atoms with Crippen molar-refractivity contribution in [3.8, 4) is 0 Å². The van der Waals surface area contributed by atoms with Crippen LogP contribution in [-0.4, -0.2) is 48.0 Å². The second kappa shape index (κ2) is 5.77. The van der Waals surface area contributed by atoms with Gasteiger partial charge in [-0.15, -0.1) is 11.3 Å². The second-order valence-electron chi connectivity index (χ2n) is 4.61. The first-order chi connectivity index (χ1) is 8.58. The molecule has 0 aromatic carbocycles. The number of thiazole rings is 1. The molecule has 1 saturated heterocycles. The largest absolute Gasteiger partial charge is 0.314 e. The van der Waals surface area contributed by atoms with Crippen molar-refractivity contribution < 1.29 is 4.79 Å². The Morgan fingerprint density at radius 3 is 2.67 bits per heavy atom. The number of hydrogen-bond donors (Lipinski definition) is 2. The summed E-state index contributed by atoms with van der Waals surface area (Å²) < 4.78 is 0. The number of carbonyl (C=O) groups is 1. The summed E-state index contributed by atoms with van der Waals surface area (Å²) in [4.78, 5) is 19.8. The van der Waals surface area contributed by atoms with Crippen molar-refractivity contribution in [1.82, 2.24) is 15.2 Å². The van der Waals surface area contributed by atoms with Crippen LogP contribution in [0.3, 0.4) is 0 Å². The third-order valence-electron chi connectivity index (χ3n) is 3.34. The van der Waals surface area contributed by atoms with Gasteiger partial charge in [-0.05, 0) is 20.8 Å². The summed E-state index contributed by atoms with van der Waals surface area (Å²) in [7, 11) is 0. The smallest absolute Gasteiger partial charge is 0.243 e. The molecule has 0 radical (unpaired) electrons. The summed E-state index contributed by atoms with van der Waals surface area (Å²) in [5, 5.41) is 6.90. The topological polar surface area (TPSA) is 57.3 Å². The average Bonchev–Trinajstić information content (AvgIpc) is 2.68. The van der Waals surface area contributed by atoms with Gasteiger partial charge in [-0.1, -0.05) is 0 Å². The molecule has 6 heteroatoms. The summed E-state index contributed by atoms with van der Waals surface area (Å²) >= 11 is 1.53. The highest BCUT2D eigenvalue weighted by Crippen LogP contribution is 2.21. The molecular weight excluding hydrogens is 248 g/mol. The van der Waals surface area contributed by atoms with Crippen LogP contribution >= 0.6 is 11.3 Å². The number of anilines is 1. The van der Waals surface area contributed by atoms with E-state index < -0.39 is 0 Å². The molecule has 100 valence electrons. The van der Waals surface area contributed by atoms with Gasteiger partial charge in [0.1, 0.15) is 0 Å². The minimum Gasteiger partial charge on any atom is -0.314 e. The number of rotatable bonds is 3. The van der Waals surface area contributed by atoms with E-state index >= 15 is 0 Å². The zero-order valence-electron chi connectivity index (χ0n) is 11.1. The van der Waals surface area contributed by atoms with Crippen molar-refractivity contribution in [2.24, 2.45) is 0 Å². The monoisotopic (exact) mass is 268 g/mol. The third-order valence-corrected chi connectivity index (χ3v) is 4.33. The fraction of sp³-hybridized carbons (Fsp3) is 0.667. The van der Waals surface area contributed by atoms with Crippen molar-refractivity contribution in [2.45, 2.75) is 26.8 Å². The van der Waals surface area contributed by atoms with Crippen molar-refractivity contribution in [3.63, 3.8) is 0 Å². The van der Waals surface area contributed by atoms with Crippen molar-refractivity contribution in [3.05, 3.63) is 10.6 Å². The lowest BCUT2D eigenvalue weighted by molar-refractivity contribution is -0.120. The summed E-state index contributed by atoms with van der Waals surface area (Å²) in [5.74, 6) is 0.0330. The number of nitrogens with zero attached hydrogens (tertiary/aromatic N) is 2. The van der Waals surface area contributed by atoms with Gasteiger partial charge in [0.25, 0.3) is 0 Å². The molecule has 1 aliphatic heterocycles. The third kappa shape index (κ3) is 3.07. The summed E-state index contributed by atoms with van der Waals surface area (Å²) in [6.07, 6.45) is 0. The Kier molecular flexibility index (Phi) is 4.31. The molecule has 5 nitrogen and oxygen atoms in total. The Morgan fingerprint density at radius 1 is 1.44 bits per heavy atom. The molecule has 2 heterocycles. The van der Waals surface area contributed by atoms with Gasteiger partial charge in [-0.25, -0.2) is 4.98 Å². The number of nitrogens with one attached hydrogen (secondary N) is 2. The van der Waals surface area contributed by atoms with E-state index in [0.29, 0.717) is 5.13 Å². The number of amides is 1. The predicted molar refractivity (Wildman–Crippen MR) is 74.1 cm³/mol. The van der Waals surface area contributed by atoms with Gasteiger partial charge in [-0.2, -0.15) is 0 Å². The van der Waals surface area contributed by atoms with E-state index in [4.69, 9.17) is 0 Å². The average molecular weight is 268 g/mol. The number of aryl methyl sites for hydroxylation is 2. The van der Waals surface area contributed by atoms with Gasteiger partial charge in [0.15, 0.2) is 5.13 Å². The molecule has 18 heavy (non-hydrogen) atoms. The van der Waals surface area contributed by atoms with Crippen LogP contribution in [0.4, 0.5) is 5.13 Å². The molecule has 1 unspecified atom stereocenters. The fourth-order valence-corrected chi connectivity index (χ4v) is 2.79. The van der Waals surface area contributed by atoms with E-state index in [-0.39, 0.29) is 11.9 Å². The molecule has 1 aromatic rings. The van der Waals surface area contributed by atoms with E-state index in [0.717, 1.165) is 36.8 Å². The molecular formula is C12H20N4OS. The lowest BCUT2D eigenvalue weighted by atomic mass is 10.2. The van der Waals surface area contributed by atoms with Crippen molar-refractivity contribution in [1.29, 1.82) is 0 Å². The maximum absolute atomic E-state index is 12.1. The fourth-order valence-electron chi connectivity index (χ4n) is 1.97. The maximum atomic E-state index is 12.1. The minimum atomic E-state index is -0.100. The van der Waals surface area contributed by atoms with Gasteiger partial charge in [0.2, 0.25) is 5.91 Å². The molecule has 1 fully saturated rings. The Bertz CT molecular complexity index is 406. The van der Waals surface area contributed by atoms with Crippen LogP contribution in [0.15, 0.2) is 0 Å². The van der Waals surface area contributed by atoms with Crippen LogP contribution < -0.4 is 10.6 Å².